The number of rotatable bonds is 6. The number of carbonyl (C=O) groups is 1. The predicted octanol–water partition coefficient (Wildman–Crippen LogP) is 1.30. The summed E-state index contributed by atoms with van der Waals surface area (Å²) < 4.78 is 10.1. The summed E-state index contributed by atoms with van der Waals surface area (Å²) in [6.45, 7) is 4.05. The zero-order chi connectivity index (χ0) is 13.7. The molecule has 0 amide bonds. The number of aromatic amines is 1. The van der Waals surface area contributed by atoms with Crippen molar-refractivity contribution in [2.45, 2.75) is 32.6 Å². The first-order valence-electron chi connectivity index (χ1n) is 6.12. The second kappa shape index (κ2) is 6.07. The van der Waals surface area contributed by atoms with Gasteiger partial charge in [0.2, 0.25) is 11.7 Å². The Labute approximate surface area is 109 Å². The van der Waals surface area contributed by atoms with Crippen LogP contribution in [0.5, 0.6) is 0 Å². The normalized spacial score (nSPS) is 12.3. The molecule has 0 bridgehead atoms. The maximum Gasteiger partial charge on any atom is 0.318 e. The summed E-state index contributed by atoms with van der Waals surface area (Å²) in [5.41, 5.74) is 0. The lowest BCUT2D eigenvalue weighted by Gasteiger charge is -2.09. The van der Waals surface area contributed by atoms with Gasteiger partial charge in [-0.3, -0.25) is 9.89 Å². The van der Waals surface area contributed by atoms with Gasteiger partial charge in [0.1, 0.15) is 12.2 Å². The average Bonchev–Trinajstić information content (AvgIpc) is 3.06. The molecule has 1 N–H and O–H groups in total. The number of nitrogens with zero attached hydrogens (tertiary/aromatic N) is 4. The van der Waals surface area contributed by atoms with E-state index in [9.17, 15) is 4.79 Å². The van der Waals surface area contributed by atoms with Crippen LogP contribution in [0.1, 0.15) is 38.5 Å². The third-order valence-electron chi connectivity index (χ3n) is 2.52. The number of aromatic nitrogens is 5. The molecule has 8 heteroatoms. The molecule has 2 aromatic rings. The molecule has 0 saturated carbocycles. The average molecular weight is 265 g/mol. The first kappa shape index (κ1) is 13.2. The van der Waals surface area contributed by atoms with Gasteiger partial charge in [-0.25, -0.2) is 4.98 Å². The molecule has 2 heterocycles. The second-order valence-electron chi connectivity index (χ2n) is 3.88. The summed E-state index contributed by atoms with van der Waals surface area (Å²) in [5, 5.41) is 10.1. The quantitative estimate of drug-likeness (QED) is 0.784. The Hall–Kier alpha value is -2.25. The van der Waals surface area contributed by atoms with Crippen LogP contribution >= 0.6 is 0 Å². The third-order valence-corrected chi connectivity index (χ3v) is 2.52. The van der Waals surface area contributed by atoms with Gasteiger partial charge < -0.3 is 9.26 Å². The minimum Gasteiger partial charge on any atom is -0.465 e. The van der Waals surface area contributed by atoms with Crippen molar-refractivity contribution in [1.29, 1.82) is 0 Å². The van der Waals surface area contributed by atoms with Crippen LogP contribution in [0, 0.1) is 0 Å². The highest BCUT2D eigenvalue weighted by molar-refractivity contribution is 5.76. The summed E-state index contributed by atoms with van der Waals surface area (Å²) >= 11 is 0. The van der Waals surface area contributed by atoms with Crippen molar-refractivity contribution < 1.29 is 14.1 Å². The number of H-pyrrole nitrogens is 1. The van der Waals surface area contributed by atoms with Crippen molar-refractivity contribution in [2.24, 2.45) is 0 Å². The van der Waals surface area contributed by atoms with Gasteiger partial charge in [0, 0.05) is 0 Å². The topological polar surface area (TPSA) is 107 Å². The first-order chi connectivity index (χ1) is 9.26. The van der Waals surface area contributed by atoms with E-state index in [4.69, 9.17) is 9.26 Å². The summed E-state index contributed by atoms with van der Waals surface area (Å²) in [6, 6.07) is 0. The fourth-order valence-corrected chi connectivity index (χ4v) is 1.66. The van der Waals surface area contributed by atoms with Gasteiger partial charge in [-0.05, 0) is 13.3 Å². The number of esters is 1. The number of nitrogens with one attached hydrogen (secondary N) is 1. The van der Waals surface area contributed by atoms with Crippen LogP contribution in [0.15, 0.2) is 10.9 Å². The molecule has 1 atom stereocenters. The summed E-state index contributed by atoms with van der Waals surface area (Å²) in [4.78, 5) is 19.9. The Morgan fingerprint density at radius 2 is 2.37 bits per heavy atom. The van der Waals surface area contributed by atoms with Crippen LogP contribution in [0.3, 0.4) is 0 Å². The largest absolute Gasteiger partial charge is 0.465 e. The van der Waals surface area contributed by atoms with Gasteiger partial charge in [0.25, 0.3) is 0 Å². The number of hydrogen-bond acceptors (Lipinski definition) is 7. The molecule has 8 nitrogen and oxygen atoms in total. The van der Waals surface area contributed by atoms with Crippen LogP contribution in [0.2, 0.25) is 0 Å². The standard InChI is InChI=1S/C11H15N5O3/c1-3-5-7(11(17)18-4-2)10-14-9(16-19-10)8-12-6-13-15-8/h6-7H,3-5H2,1-2H3,(H,12,13,15). The second-order valence-corrected chi connectivity index (χ2v) is 3.88. The highest BCUT2D eigenvalue weighted by atomic mass is 16.5. The molecule has 2 rings (SSSR count). The van der Waals surface area contributed by atoms with Crippen LogP contribution in [0.4, 0.5) is 0 Å². The van der Waals surface area contributed by atoms with Crippen molar-refractivity contribution in [3.8, 4) is 11.6 Å². The molecule has 2 aromatic heterocycles. The first-order valence-corrected chi connectivity index (χ1v) is 6.12. The van der Waals surface area contributed by atoms with Crippen molar-refractivity contribution in [3.05, 3.63) is 12.2 Å². The minimum atomic E-state index is -0.533. The van der Waals surface area contributed by atoms with E-state index < -0.39 is 5.92 Å². The van der Waals surface area contributed by atoms with Crippen molar-refractivity contribution in [1.82, 2.24) is 25.3 Å². The SMILES string of the molecule is CCCC(C(=O)OCC)c1nc(-c2ncn[nH]2)no1. The Morgan fingerprint density at radius 1 is 1.53 bits per heavy atom. The van der Waals surface area contributed by atoms with Crippen molar-refractivity contribution in [3.63, 3.8) is 0 Å². The van der Waals surface area contributed by atoms with E-state index in [0.29, 0.717) is 18.9 Å². The lowest BCUT2D eigenvalue weighted by Crippen LogP contribution is -2.16. The van der Waals surface area contributed by atoms with E-state index >= 15 is 0 Å². The Bertz CT molecular complexity index is 522. The summed E-state index contributed by atoms with van der Waals surface area (Å²) in [7, 11) is 0. The molecule has 0 fully saturated rings. The molecule has 1 unspecified atom stereocenters. The Morgan fingerprint density at radius 3 is 3.00 bits per heavy atom. The van der Waals surface area contributed by atoms with E-state index in [1.54, 1.807) is 6.92 Å². The van der Waals surface area contributed by atoms with Crippen LogP contribution in [-0.2, 0) is 9.53 Å². The molecular formula is C11H15N5O3. The van der Waals surface area contributed by atoms with Crippen LogP contribution < -0.4 is 0 Å². The molecule has 0 aromatic carbocycles. The fourth-order valence-electron chi connectivity index (χ4n) is 1.66. The van der Waals surface area contributed by atoms with E-state index in [1.165, 1.54) is 6.33 Å². The highest BCUT2D eigenvalue weighted by Crippen LogP contribution is 2.23. The van der Waals surface area contributed by atoms with Gasteiger partial charge >= 0.3 is 5.97 Å². The highest BCUT2D eigenvalue weighted by Gasteiger charge is 2.27. The van der Waals surface area contributed by atoms with E-state index in [-0.39, 0.29) is 17.7 Å². The smallest absolute Gasteiger partial charge is 0.318 e. The summed E-state index contributed by atoms with van der Waals surface area (Å²) in [5.74, 6) is 0.0324. The zero-order valence-electron chi connectivity index (χ0n) is 10.8. The van der Waals surface area contributed by atoms with Crippen molar-refractivity contribution >= 4 is 5.97 Å². The van der Waals surface area contributed by atoms with Crippen LogP contribution in [-0.4, -0.2) is 37.9 Å². The molecule has 0 radical (unpaired) electrons. The molecule has 19 heavy (non-hydrogen) atoms. The number of ether oxygens (including phenoxy) is 1. The van der Waals surface area contributed by atoms with Crippen molar-refractivity contribution in [2.75, 3.05) is 6.61 Å². The number of hydrogen-bond donors (Lipinski definition) is 1. The van der Waals surface area contributed by atoms with Gasteiger partial charge in [-0.1, -0.05) is 18.5 Å². The molecule has 0 saturated heterocycles. The monoisotopic (exact) mass is 265 g/mol. The molecule has 0 aliphatic heterocycles. The number of carbonyl (C=O) groups excluding carboxylic acids is 1. The van der Waals surface area contributed by atoms with Gasteiger partial charge in [-0.2, -0.15) is 10.1 Å². The molecule has 0 aliphatic carbocycles. The van der Waals surface area contributed by atoms with Crippen LogP contribution in [0.25, 0.3) is 11.6 Å². The fraction of sp³-hybridized carbons (Fsp3) is 0.545. The van der Waals surface area contributed by atoms with Gasteiger partial charge in [-0.15, -0.1) is 0 Å². The maximum atomic E-state index is 11.8. The van der Waals surface area contributed by atoms with Gasteiger partial charge in [0.05, 0.1) is 6.61 Å². The summed E-state index contributed by atoms with van der Waals surface area (Å²) in [6.07, 6.45) is 2.75. The lowest BCUT2D eigenvalue weighted by molar-refractivity contribution is -0.145. The Balaban J connectivity index is 2.20. The van der Waals surface area contributed by atoms with E-state index in [0.717, 1.165) is 6.42 Å². The Kier molecular flexibility index (Phi) is 4.22. The molecular weight excluding hydrogens is 250 g/mol. The van der Waals surface area contributed by atoms with E-state index in [1.807, 2.05) is 6.92 Å². The lowest BCUT2D eigenvalue weighted by atomic mass is 10.0. The minimum absolute atomic E-state index is 0.242. The zero-order valence-corrected chi connectivity index (χ0v) is 10.8. The van der Waals surface area contributed by atoms with Gasteiger partial charge in [0.15, 0.2) is 5.82 Å². The molecule has 0 spiro atoms. The van der Waals surface area contributed by atoms with E-state index in [2.05, 4.69) is 25.3 Å². The maximum absolute atomic E-state index is 11.8. The third kappa shape index (κ3) is 2.95. The molecule has 102 valence electrons. The predicted molar refractivity (Wildman–Crippen MR) is 64.0 cm³/mol. The molecule has 0 aliphatic rings.